The molecule has 25 heavy (non-hydrogen) atoms. The third kappa shape index (κ3) is 3.15. The van der Waals surface area contributed by atoms with E-state index < -0.39 is 0 Å². The molecule has 3 rings (SSSR count). The second-order valence-electron chi connectivity index (χ2n) is 5.86. The van der Waals surface area contributed by atoms with Gasteiger partial charge >= 0.3 is 0 Å². The van der Waals surface area contributed by atoms with Gasteiger partial charge in [0.05, 0.1) is 17.3 Å². The molecule has 0 unspecified atom stereocenters. The molecule has 0 saturated carbocycles. The third-order valence-corrected chi connectivity index (χ3v) is 5.07. The summed E-state index contributed by atoms with van der Waals surface area (Å²) >= 11 is 1.50. The summed E-state index contributed by atoms with van der Waals surface area (Å²) in [5, 5.41) is 4.11. The molecule has 1 amide bonds. The molecule has 0 atom stereocenters. The van der Waals surface area contributed by atoms with Crippen molar-refractivity contribution >= 4 is 27.5 Å². The summed E-state index contributed by atoms with van der Waals surface area (Å²) in [6.45, 7) is 8.53. The monoisotopic (exact) mass is 356 g/mol. The van der Waals surface area contributed by atoms with Crippen LogP contribution in [0.15, 0.2) is 36.0 Å². The number of hydrogen-bond acceptors (Lipinski definition) is 4. The number of fused-ring (bicyclic) bond motifs is 1. The Morgan fingerprint density at radius 3 is 2.88 bits per heavy atom. The number of rotatable bonds is 4. The van der Waals surface area contributed by atoms with E-state index >= 15 is 0 Å². The van der Waals surface area contributed by atoms with Gasteiger partial charge in [0.15, 0.2) is 4.80 Å². The third-order valence-electron chi connectivity index (χ3n) is 3.84. The van der Waals surface area contributed by atoms with Gasteiger partial charge in [-0.05, 0) is 31.0 Å². The van der Waals surface area contributed by atoms with Crippen molar-refractivity contribution in [2.75, 3.05) is 7.11 Å². The van der Waals surface area contributed by atoms with Gasteiger partial charge in [0.2, 0.25) is 5.88 Å². The second-order valence-corrected chi connectivity index (χ2v) is 6.83. The van der Waals surface area contributed by atoms with Crippen molar-refractivity contribution in [3.63, 3.8) is 0 Å². The minimum atomic E-state index is -0.372. The number of nitrogens with zero attached hydrogens (tertiary/aromatic N) is 4. The molecule has 7 heteroatoms. The number of allylic oxidation sites excluding steroid dienone is 1. The van der Waals surface area contributed by atoms with E-state index in [9.17, 15) is 4.79 Å². The highest BCUT2D eigenvalue weighted by Gasteiger charge is 2.17. The maximum absolute atomic E-state index is 12.7. The highest BCUT2D eigenvalue weighted by atomic mass is 32.1. The van der Waals surface area contributed by atoms with Crippen LogP contribution in [0.1, 0.15) is 21.5 Å². The van der Waals surface area contributed by atoms with Crippen LogP contribution in [0, 0.1) is 13.8 Å². The summed E-state index contributed by atoms with van der Waals surface area (Å²) in [6, 6.07) is 4.24. The molecule has 0 saturated heterocycles. The van der Waals surface area contributed by atoms with E-state index in [-0.39, 0.29) is 11.8 Å². The minimum Gasteiger partial charge on any atom is -0.479 e. The topological polar surface area (TPSA) is 61.4 Å². The van der Waals surface area contributed by atoms with Crippen LogP contribution in [-0.2, 0) is 13.6 Å². The Bertz CT molecular complexity index is 1040. The molecule has 1 aromatic carbocycles. The van der Waals surface area contributed by atoms with Crippen LogP contribution in [0.2, 0.25) is 0 Å². The van der Waals surface area contributed by atoms with E-state index in [0.717, 1.165) is 10.2 Å². The summed E-state index contributed by atoms with van der Waals surface area (Å²) in [5.41, 5.74) is 3.76. The first kappa shape index (κ1) is 17.2. The van der Waals surface area contributed by atoms with E-state index in [4.69, 9.17) is 4.74 Å². The molecule has 6 nitrogen and oxygen atoms in total. The first-order chi connectivity index (χ1) is 11.9. The molecule has 0 N–H and O–H groups in total. The zero-order valence-corrected chi connectivity index (χ0v) is 15.6. The van der Waals surface area contributed by atoms with Crippen molar-refractivity contribution in [2.24, 2.45) is 12.0 Å². The summed E-state index contributed by atoms with van der Waals surface area (Å²) in [7, 11) is 3.23. The Morgan fingerprint density at radius 1 is 1.44 bits per heavy atom. The molecule has 3 aromatic rings. The summed E-state index contributed by atoms with van der Waals surface area (Å²) < 4.78 is 9.83. The number of carbonyl (C=O) groups is 1. The summed E-state index contributed by atoms with van der Waals surface area (Å²) in [5.74, 6) is -0.0941. The van der Waals surface area contributed by atoms with Gasteiger partial charge in [-0.1, -0.05) is 23.5 Å². The molecule has 0 spiro atoms. The van der Waals surface area contributed by atoms with E-state index in [0.29, 0.717) is 16.9 Å². The molecule has 0 bridgehead atoms. The predicted molar refractivity (Wildman–Crippen MR) is 99.1 cm³/mol. The highest BCUT2D eigenvalue weighted by molar-refractivity contribution is 7.16. The van der Waals surface area contributed by atoms with Crippen LogP contribution in [0.4, 0.5) is 0 Å². The number of aromatic nitrogens is 3. The van der Waals surface area contributed by atoms with Crippen LogP contribution >= 0.6 is 11.3 Å². The van der Waals surface area contributed by atoms with Gasteiger partial charge in [0, 0.05) is 19.8 Å². The van der Waals surface area contributed by atoms with Gasteiger partial charge in [0.1, 0.15) is 5.56 Å². The number of methoxy groups -OCH3 is 1. The Labute approximate surface area is 149 Å². The fraction of sp³-hybridized carbons (Fsp3) is 0.278. The maximum atomic E-state index is 12.7. The lowest BCUT2D eigenvalue weighted by molar-refractivity contribution is 0.0995. The van der Waals surface area contributed by atoms with Crippen LogP contribution in [0.5, 0.6) is 5.88 Å². The maximum Gasteiger partial charge on any atom is 0.286 e. The van der Waals surface area contributed by atoms with Crippen LogP contribution in [0.25, 0.3) is 10.2 Å². The molecule has 0 aliphatic rings. The average molecular weight is 356 g/mol. The zero-order valence-electron chi connectivity index (χ0n) is 14.7. The molecule has 2 heterocycles. The molecule has 130 valence electrons. The van der Waals surface area contributed by atoms with Crippen LogP contribution < -0.4 is 9.54 Å². The number of carbonyl (C=O) groups excluding carboxylic acids is 1. The van der Waals surface area contributed by atoms with Gasteiger partial charge in [-0.15, -0.1) is 11.7 Å². The predicted octanol–water partition coefficient (Wildman–Crippen LogP) is 2.99. The quantitative estimate of drug-likeness (QED) is 0.675. The number of benzene rings is 1. The Hall–Kier alpha value is -2.67. The van der Waals surface area contributed by atoms with Gasteiger partial charge in [-0.25, -0.2) is 0 Å². The molecule has 0 fully saturated rings. The number of thiazole rings is 1. The molecule has 0 aliphatic heterocycles. The van der Waals surface area contributed by atoms with Crippen molar-refractivity contribution in [1.82, 2.24) is 14.3 Å². The van der Waals surface area contributed by atoms with E-state index in [1.165, 1.54) is 34.3 Å². The van der Waals surface area contributed by atoms with Crippen molar-refractivity contribution in [3.8, 4) is 5.88 Å². The first-order valence-electron chi connectivity index (χ1n) is 7.82. The van der Waals surface area contributed by atoms with Gasteiger partial charge < -0.3 is 9.30 Å². The van der Waals surface area contributed by atoms with Gasteiger partial charge in [0.25, 0.3) is 5.91 Å². The Balaban J connectivity index is 2.21. The molecule has 0 aliphatic carbocycles. The summed E-state index contributed by atoms with van der Waals surface area (Å²) in [6.07, 6.45) is 3.42. The van der Waals surface area contributed by atoms with Crippen molar-refractivity contribution in [3.05, 3.63) is 52.5 Å². The second kappa shape index (κ2) is 6.68. The Kier molecular flexibility index (Phi) is 4.59. The Morgan fingerprint density at radius 2 is 2.20 bits per heavy atom. The molecular formula is C18H20N4O2S. The molecule has 0 radical (unpaired) electrons. The van der Waals surface area contributed by atoms with Crippen LogP contribution in [0.3, 0.4) is 0 Å². The average Bonchev–Trinajstić information content (AvgIpc) is 3.09. The van der Waals surface area contributed by atoms with Gasteiger partial charge in [-0.2, -0.15) is 4.99 Å². The minimum absolute atomic E-state index is 0.277. The van der Waals surface area contributed by atoms with Crippen molar-refractivity contribution in [2.45, 2.75) is 20.4 Å². The lowest BCUT2D eigenvalue weighted by Crippen LogP contribution is -2.16. The fourth-order valence-corrected chi connectivity index (χ4v) is 3.90. The van der Waals surface area contributed by atoms with E-state index in [1.807, 2.05) is 4.57 Å². The SMILES string of the molecule is C=CCn1c(=NC(=O)c2cn(C)nc2OC)sc2c(C)cc(C)cc21. The van der Waals surface area contributed by atoms with E-state index in [2.05, 4.69) is 42.7 Å². The van der Waals surface area contributed by atoms with E-state index in [1.54, 1.807) is 19.3 Å². The summed E-state index contributed by atoms with van der Waals surface area (Å²) in [4.78, 5) is 17.6. The number of ether oxygens (including phenoxy) is 1. The first-order valence-corrected chi connectivity index (χ1v) is 8.64. The van der Waals surface area contributed by atoms with Crippen molar-refractivity contribution < 1.29 is 9.53 Å². The number of amides is 1. The largest absolute Gasteiger partial charge is 0.479 e. The molecule has 2 aromatic heterocycles. The van der Waals surface area contributed by atoms with Crippen molar-refractivity contribution in [1.29, 1.82) is 0 Å². The highest BCUT2D eigenvalue weighted by Crippen LogP contribution is 2.24. The van der Waals surface area contributed by atoms with Gasteiger partial charge in [-0.3, -0.25) is 9.48 Å². The number of hydrogen-bond donors (Lipinski definition) is 0. The fourth-order valence-electron chi connectivity index (χ4n) is 2.82. The normalized spacial score (nSPS) is 11.9. The zero-order chi connectivity index (χ0) is 18.1. The van der Waals surface area contributed by atoms with Crippen LogP contribution in [-0.4, -0.2) is 27.4 Å². The smallest absolute Gasteiger partial charge is 0.286 e. The number of aryl methyl sites for hydroxylation is 3. The lowest BCUT2D eigenvalue weighted by Gasteiger charge is -2.03. The molecular weight excluding hydrogens is 336 g/mol. The standard InChI is InChI=1S/C18H20N4O2S/c1-6-7-22-14-9-11(2)8-12(3)15(14)25-18(22)19-16(23)13-10-21(4)20-17(13)24-5/h6,8-10H,1,7H2,2-5H3. The lowest BCUT2D eigenvalue weighted by atomic mass is 10.1.